The lowest BCUT2D eigenvalue weighted by atomic mass is 9.74. The van der Waals surface area contributed by atoms with Crippen molar-refractivity contribution in [2.24, 2.45) is 35.0 Å². The van der Waals surface area contributed by atoms with Crippen molar-refractivity contribution in [1.82, 2.24) is 0 Å². The SMILES string of the molecule is CC1CC(C)C(O)C(O[C@@H]2[C@@H](C)[C@H](OC3CC(C)(C)C(O)C(C)O3)[C@@H](C)C(=O)O[C@H](CCF)[C@@](C)(O)[C@H](O)[C@@H](C)C(=O)[C@H](C)C[C@@]2(C)O)O1. The van der Waals surface area contributed by atoms with Crippen LogP contribution in [0.3, 0.4) is 0 Å². The monoisotopic (exact) mass is 706 g/mol. The van der Waals surface area contributed by atoms with Crippen LogP contribution < -0.4 is 0 Å². The van der Waals surface area contributed by atoms with Crippen molar-refractivity contribution in [2.75, 3.05) is 6.67 Å². The number of alkyl halides is 1. The molecule has 0 saturated carbocycles. The summed E-state index contributed by atoms with van der Waals surface area (Å²) in [4.78, 5) is 27.7. The molecule has 3 saturated heterocycles. The number of aliphatic hydroxyl groups excluding tert-OH is 3. The van der Waals surface area contributed by atoms with Crippen molar-refractivity contribution in [3.05, 3.63) is 0 Å². The molecule has 3 aliphatic rings. The number of carbonyl (C=O) groups excluding carboxylic acids is 2. The number of esters is 1. The Morgan fingerprint density at radius 1 is 0.857 bits per heavy atom. The zero-order valence-corrected chi connectivity index (χ0v) is 31.2. The van der Waals surface area contributed by atoms with Crippen LogP contribution in [0.15, 0.2) is 0 Å². The molecule has 7 unspecified atom stereocenters. The van der Waals surface area contributed by atoms with Gasteiger partial charge < -0.3 is 49.2 Å². The Hall–Kier alpha value is -1.29. The minimum absolute atomic E-state index is 0.163. The first kappa shape index (κ1) is 42.1. The lowest BCUT2D eigenvalue weighted by Crippen LogP contribution is -2.59. The van der Waals surface area contributed by atoms with Crippen LogP contribution >= 0.6 is 0 Å². The average molecular weight is 707 g/mol. The second-order valence-electron chi connectivity index (χ2n) is 16.5. The smallest absolute Gasteiger partial charge is 0.311 e. The van der Waals surface area contributed by atoms with Crippen LogP contribution in [0.5, 0.6) is 0 Å². The van der Waals surface area contributed by atoms with Gasteiger partial charge >= 0.3 is 5.97 Å². The van der Waals surface area contributed by atoms with E-state index in [1.807, 2.05) is 27.7 Å². The molecule has 13 heteroatoms. The zero-order valence-electron chi connectivity index (χ0n) is 31.2. The largest absolute Gasteiger partial charge is 0.459 e. The molecule has 0 radical (unpaired) electrons. The van der Waals surface area contributed by atoms with Gasteiger partial charge in [-0.25, -0.2) is 0 Å². The minimum atomic E-state index is -2.21. The normalized spacial score (nSPS) is 49.2. The molecule has 0 bridgehead atoms. The van der Waals surface area contributed by atoms with E-state index in [-0.39, 0.29) is 24.9 Å². The number of Topliss-reactive ketones (excluding diaryl/α,β-unsaturated/α-hetero) is 1. The number of hydrogen-bond donors (Lipinski definition) is 5. The van der Waals surface area contributed by atoms with Crippen molar-refractivity contribution in [3.8, 4) is 0 Å². The summed E-state index contributed by atoms with van der Waals surface area (Å²) in [7, 11) is 0. The van der Waals surface area contributed by atoms with Crippen LogP contribution in [0.4, 0.5) is 4.39 Å². The maximum Gasteiger partial charge on any atom is 0.311 e. The van der Waals surface area contributed by atoms with Crippen molar-refractivity contribution in [2.45, 2.75) is 174 Å². The minimum Gasteiger partial charge on any atom is -0.459 e. The Kier molecular flexibility index (Phi) is 13.9. The van der Waals surface area contributed by atoms with Crippen LogP contribution in [0.2, 0.25) is 0 Å². The second-order valence-corrected chi connectivity index (χ2v) is 16.5. The van der Waals surface area contributed by atoms with Crippen molar-refractivity contribution in [3.63, 3.8) is 0 Å². The van der Waals surface area contributed by atoms with E-state index in [0.717, 1.165) is 0 Å². The van der Waals surface area contributed by atoms with E-state index in [9.17, 15) is 39.5 Å². The van der Waals surface area contributed by atoms with Crippen LogP contribution in [0.1, 0.15) is 102 Å². The van der Waals surface area contributed by atoms with Crippen LogP contribution in [0, 0.1) is 35.0 Å². The molecule has 0 aromatic carbocycles. The van der Waals surface area contributed by atoms with E-state index in [1.165, 1.54) is 27.7 Å². The number of carbonyl (C=O) groups is 2. The topological polar surface area (TPSA) is 181 Å². The van der Waals surface area contributed by atoms with E-state index in [0.29, 0.717) is 6.42 Å². The first-order valence-corrected chi connectivity index (χ1v) is 17.9. The first-order chi connectivity index (χ1) is 22.5. The van der Waals surface area contributed by atoms with Gasteiger partial charge in [0, 0.05) is 30.6 Å². The maximum absolute atomic E-state index is 14.0. The molecule has 3 fully saturated rings. The first-order valence-electron chi connectivity index (χ1n) is 17.9. The molecule has 286 valence electrons. The summed E-state index contributed by atoms with van der Waals surface area (Å²) in [6, 6.07) is 0. The summed E-state index contributed by atoms with van der Waals surface area (Å²) in [5.41, 5.74) is -4.63. The van der Waals surface area contributed by atoms with Gasteiger partial charge in [0.05, 0.1) is 54.8 Å². The van der Waals surface area contributed by atoms with Gasteiger partial charge in [-0.2, -0.15) is 0 Å². The molecule has 49 heavy (non-hydrogen) atoms. The summed E-state index contributed by atoms with van der Waals surface area (Å²) < 4.78 is 44.7. The second kappa shape index (κ2) is 16.2. The van der Waals surface area contributed by atoms with Crippen molar-refractivity contribution in [1.29, 1.82) is 0 Å². The van der Waals surface area contributed by atoms with Gasteiger partial charge in [-0.15, -0.1) is 0 Å². The molecular formula is C36H63FO12. The lowest BCUT2D eigenvalue weighted by molar-refractivity contribution is -0.312. The van der Waals surface area contributed by atoms with Crippen molar-refractivity contribution >= 4 is 11.8 Å². The number of ether oxygens (including phenoxy) is 5. The van der Waals surface area contributed by atoms with Gasteiger partial charge in [0.25, 0.3) is 0 Å². The zero-order chi connectivity index (χ0) is 37.4. The number of aliphatic hydroxyl groups is 5. The molecule has 0 amide bonds. The number of cyclic esters (lactones) is 1. The number of ketones is 1. The molecule has 5 N–H and O–H groups in total. The van der Waals surface area contributed by atoms with Gasteiger partial charge in [-0.05, 0) is 58.8 Å². The number of hydrogen-bond acceptors (Lipinski definition) is 12. The molecule has 0 aliphatic carbocycles. The number of rotatable bonds is 6. The highest BCUT2D eigenvalue weighted by Gasteiger charge is 2.53. The molecule has 0 aromatic rings. The quantitative estimate of drug-likeness (QED) is 0.255. The van der Waals surface area contributed by atoms with Crippen LogP contribution in [-0.2, 0) is 33.3 Å². The fraction of sp³-hybridized carbons (Fsp3) is 0.944. The summed E-state index contributed by atoms with van der Waals surface area (Å²) in [6.45, 7) is 17.2. The Morgan fingerprint density at radius 3 is 2.04 bits per heavy atom. The standard InChI is InChI=1S/C36H63FO12/c1-17-14-19(3)45-33(27(17)39)49-31-21(5)28(48-25-16-34(8,9)30(41)23(7)46-25)22(6)32(42)47-24(12-13-37)36(11,44)29(40)20(4)26(38)18(2)15-35(31,10)43/h17-25,27-31,33,39-41,43-44H,12-16H2,1-11H3/t17?,18-,19?,20+,21+,22-,23?,24-,25?,27?,28+,29-,30?,31-,33?,35-,36-/m1/s1. The van der Waals surface area contributed by atoms with E-state index in [1.54, 1.807) is 20.8 Å². The molecule has 3 rings (SSSR count). The third-order valence-electron chi connectivity index (χ3n) is 11.3. The van der Waals surface area contributed by atoms with Gasteiger partial charge in [0.1, 0.15) is 23.6 Å². The van der Waals surface area contributed by atoms with Crippen LogP contribution in [-0.4, -0.2) is 117 Å². The van der Waals surface area contributed by atoms with E-state index < -0.39 is 120 Å². The molecule has 0 spiro atoms. The molecule has 3 heterocycles. The third-order valence-corrected chi connectivity index (χ3v) is 11.3. The third kappa shape index (κ3) is 9.39. The van der Waals surface area contributed by atoms with Gasteiger partial charge in [0.2, 0.25) is 0 Å². The fourth-order valence-corrected chi connectivity index (χ4v) is 8.15. The predicted octanol–water partition coefficient (Wildman–Crippen LogP) is 3.06. The summed E-state index contributed by atoms with van der Waals surface area (Å²) in [6.07, 6.45) is -10.1. The van der Waals surface area contributed by atoms with E-state index >= 15 is 0 Å². The lowest BCUT2D eigenvalue weighted by Gasteiger charge is -2.48. The Labute approximate surface area is 291 Å². The average Bonchev–Trinajstić information content (AvgIpc) is 3.00. The molecule has 12 nitrogen and oxygen atoms in total. The maximum atomic E-state index is 14.0. The molecule has 3 aliphatic heterocycles. The highest BCUT2D eigenvalue weighted by atomic mass is 19.1. The molecule has 17 atom stereocenters. The van der Waals surface area contributed by atoms with E-state index in [4.69, 9.17) is 23.7 Å². The Balaban J connectivity index is 2.17. The summed E-state index contributed by atoms with van der Waals surface area (Å²) in [5, 5.41) is 56.9. The van der Waals surface area contributed by atoms with Crippen LogP contribution in [0.25, 0.3) is 0 Å². The fourth-order valence-electron chi connectivity index (χ4n) is 8.15. The van der Waals surface area contributed by atoms with Gasteiger partial charge in [0.15, 0.2) is 12.6 Å². The van der Waals surface area contributed by atoms with E-state index in [2.05, 4.69) is 0 Å². The molecule has 0 aromatic heterocycles. The summed E-state index contributed by atoms with van der Waals surface area (Å²) in [5.74, 6) is -5.59. The Morgan fingerprint density at radius 2 is 1.47 bits per heavy atom. The van der Waals surface area contributed by atoms with Gasteiger partial charge in [-0.1, -0.05) is 41.5 Å². The summed E-state index contributed by atoms with van der Waals surface area (Å²) >= 11 is 0. The number of halogens is 1. The van der Waals surface area contributed by atoms with Gasteiger partial charge in [-0.3, -0.25) is 14.0 Å². The highest BCUT2D eigenvalue weighted by molar-refractivity contribution is 5.83. The van der Waals surface area contributed by atoms with Crippen molar-refractivity contribution < 1.29 is 63.2 Å². The highest BCUT2D eigenvalue weighted by Crippen LogP contribution is 2.42. The Bertz CT molecular complexity index is 1120. The molecular weight excluding hydrogens is 643 g/mol. The predicted molar refractivity (Wildman–Crippen MR) is 177 cm³/mol.